The van der Waals surface area contributed by atoms with Crippen LogP contribution in [0.4, 0.5) is 4.39 Å². The predicted molar refractivity (Wildman–Crippen MR) is 116 cm³/mol. The molecule has 0 radical (unpaired) electrons. The van der Waals surface area contributed by atoms with Crippen molar-refractivity contribution in [1.29, 1.82) is 0 Å². The molecule has 0 aliphatic heterocycles. The highest BCUT2D eigenvalue weighted by atomic mass is 35.5. The van der Waals surface area contributed by atoms with E-state index >= 15 is 0 Å². The number of hydrogen-bond donors (Lipinski definition) is 1. The first-order valence-electron chi connectivity index (χ1n) is 9.63. The van der Waals surface area contributed by atoms with E-state index in [4.69, 9.17) is 27.9 Å². The molecule has 0 aliphatic rings. The summed E-state index contributed by atoms with van der Waals surface area (Å²) in [5.74, 6) is -0.707. The fraction of sp³-hybridized carbons (Fsp3) is 0.364. The summed E-state index contributed by atoms with van der Waals surface area (Å²) in [6.45, 7) is 5.35. The van der Waals surface area contributed by atoms with Gasteiger partial charge in [-0.3, -0.25) is 9.59 Å². The first-order valence-corrected chi connectivity index (χ1v) is 10.4. The number of amides is 2. The van der Waals surface area contributed by atoms with E-state index in [1.165, 1.54) is 23.1 Å². The topological polar surface area (TPSA) is 58.6 Å². The SMILES string of the molecule is CC[C@@H](C(=O)NC(C)C)N(Cc1ccc(F)cc1)C(=O)COc1ccc(Cl)cc1Cl. The van der Waals surface area contributed by atoms with Crippen molar-refractivity contribution < 1.29 is 18.7 Å². The van der Waals surface area contributed by atoms with Gasteiger partial charge in [0.05, 0.1) is 5.02 Å². The van der Waals surface area contributed by atoms with Gasteiger partial charge in [0.1, 0.15) is 17.6 Å². The highest BCUT2D eigenvalue weighted by Crippen LogP contribution is 2.27. The molecule has 162 valence electrons. The Hall–Kier alpha value is -2.31. The maximum absolute atomic E-state index is 13.3. The summed E-state index contributed by atoms with van der Waals surface area (Å²) < 4.78 is 18.8. The zero-order valence-electron chi connectivity index (χ0n) is 17.1. The van der Waals surface area contributed by atoms with Gasteiger partial charge in [0.2, 0.25) is 5.91 Å². The van der Waals surface area contributed by atoms with Gasteiger partial charge in [0, 0.05) is 17.6 Å². The molecule has 8 heteroatoms. The Morgan fingerprint density at radius 3 is 2.37 bits per heavy atom. The third-order valence-electron chi connectivity index (χ3n) is 4.33. The summed E-state index contributed by atoms with van der Waals surface area (Å²) >= 11 is 12.0. The quantitative estimate of drug-likeness (QED) is 0.589. The van der Waals surface area contributed by atoms with Crippen LogP contribution in [0.1, 0.15) is 32.8 Å². The van der Waals surface area contributed by atoms with E-state index in [0.717, 1.165) is 0 Å². The molecule has 1 atom stereocenters. The van der Waals surface area contributed by atoms with E-state index < -0.39 is 11.9 Å². The molecule has 2 aromatic rings. The van der Waals surface area contributed by atoms with Gasteiger partial charge in [0.25, 0.3) is 5.91 Å². The van der Waals surface area contributed by atoms with Crippen LogP contribution >= 0.6 is 23.2 Å². The molecule has 2 rings (SSSR count). The predicted octanol–water partition coefficient (Wildman–Crippen LogP) is 4.84. The van der Waals surface area contributed by atoms with Crippen molar-refractivity contribution in [2.24, 2.45) is 0 Å². The van der Waals surface area contributed by atoms with Crippen LogP contribution in [0.25, 0.3) is 0 Å². The zero-order valence-corrected chi connectivity index (χ0v) is 18.6. The molecule has 0 heterocycles. The Bertz CT molecular complexity index is 875. The lowest BCUT2D eigenvalue weighted by Crippen LogP contribution is -2.51. The lowest BCUT2D eigenvalue weighted by molar-refractivity contribution is -0.143. The molecule has 0 aromatic heterocycles. The summed E-state index contributed by atoms with van der Waals surface area (Å²) in [5, 5.41) is 3.58. The van der Waals surface area contributed by atoms with Gasteiger partial charge in [-0.2, -0.15) is 0 Å². The van der Waals surface area contributed by atoms with Crippen molar-refractivity contribution in [1.82, 2.24) is 10.2 Å². The van der Waals surface area contributed by atoms with Crippen molar-refractivity contribution in [3.63, 3.8) is 0 Å². The number of nitrogens with one attached hydrogen (secondary N) is 1. The third kappa shape index (κ3) is 6.89. The van der Waals surface area contributed by atoms with Crippen molar-refractivity contribution in [2.45, 2.75) is 45.8 Å². The molecule has 2 aromatic carbocycles. The van der Waals surface area contributed by atoms with Crippen LogP contribution in [-0.2, 0) is 16.1 Å². The minimum Gasteiger partial charge on any atom is -0.482 e. The lowest BCUT2D eigenvalue weighted by atomic mass is 10.1. The summed E-state index contributed by atoms with van der Waals surface area (Å²) in [7, 11) is 0. The standard InChI is InChI=1S/C22H25Cl2FN2O3/c1-4-19(22(29)26-14(2)3)27(12-15-5-8-17(25)9-6-15)21(28)13-30-20-10-7-16(23)11-18(20)24/h5-11,14,19H,4,12-13H2,1-3H3,(H,26,29)/t19-/m0/s1. The molecule has 0 fully saturated rings. The fourth-order valence-electron chi connectivity index (χ4n) is 2.90. The van der Waals surface area contributed by atoms with Gasteiger partial charge in [-0.15, -0.1) is 0 Å². The normalized spacial score (nSPS) is 11.8. The number of nitrogens with zero attached hydrogens (tertiary/aromatic N) is 1. The van der Waals surface area contributed by atoms with Crippen LogP contribution in [0.2, 0.25) is 10.0 Å². The van der Waals surface area contributed by atoms with Crippen LogP contribution in [0.3, 0.4) is 0 Å². The Kier molecular flexibility index (Phi) is 8.93. The van der Waals surface area contributed by atoms with E-state index in [9.17, 15) is 14.0 Å². The fourth-order valence-corrected chi connectivity index (χ4v) is 3.36. The number of carbonyl (C=O) groups is 2. The number of rotatable bonds is 9. The van der Waals surface area contributed by atoms with Gasteiger partial charge in [0.15, 0.2) is 6.61 Å². The molecule has 0 saturated heterocycles. The lowest BCUT2D eigenvalue weighted by Gasteiger charge is -2.31. The smallest absolute Gasteiger partial charge is 0.261 e. The molecule has 0 spiro atoms. The summed E-state index contributed by atoms with van der Waals surface area (Å²) in [5.41, 5.74) is 0.699. The van der Waals surface area contributed by atoms with Crippen LogP contribution in [-0.4, -0.2) is 35.4 Å². The first-order chi connectivity index (χ1) is 14.2. The van der Waals surface area contributed by atoms with E-state index in [-0.39, 0.29) is 35.9 Å². The Labute approximate surface area is 186 Å². The first kappa shape index (κ1) is 24.0. The van der Waals surface area contributed by atoms with Gasteiger partial charge in [-0.25, -0.2) is 4.39 Å². The van der Waals surface area contributed by atoms with E-state index in [2.05, 4.69) is 5.32 Å². The second-order valence-corrected chi connectivity index (χ2v) is 7.94. The molecule has 0 saturated carbocycles. The minimum absolute atomic E-state index is 0.0709. The van der Waals surface area contributed by atoms with E-state index in [0.29, 0.717) is 22.8 Å². The number of hydrogen-bond acceptors (Lipinski definition) is 3. The summed E-state index contributed by atoms with van der Waals surface area (Å²) in [4.78, 5) is 27.2. The van der Waals surface area contributed by atoms with Gasteiger partial charge in [-0.05, 0) is 56.2 Å². The average Bonchev–Trinajstić information content (AvgIpc) is 2.68. The van der Waals surface area contributed by atoms with Crippen molar-refractivity contribution in [2.75, 3.05) is 6.61 Å². The zero-order chi connectivity index (χ0) is 22.3. The number of halogens is 3. The van der Waals surface area contributed by atoms with E-state index in [1.807, 2.05) is 20.8 Å². The number of benzene rings is 2. The molecule has 30 heavy (non-hydrogen) atoms. The second-order valence-electron chi connectivity index (χ2n) is 7.10. The molecule has 1 N–H and O–H groups in total. The van der Waals surface area contributed by atoms with Crippen LogP contribution in [0.5, 0.6) is 5.75 Å². The van der Waals surface area contributed by atoms with Crippen molar-refractivity contribution >= 4 is 35.0 Å². The molecular weight excluding hydrogens is 430 g/mol. The van der Waals surface area contributed by atoms with Gasteiger partial charge >= 0.3 is 0 Å². The summed E-state index contributed by atoms with van der Waals surface area (Å²) in [6.07, 6.45) is 0.410. The van der Waals surface area contributed by atoms with Gasteiger partial charge < -0.3 is 15.0 Å². The van der Waals surface area contributed by atoms with E-state index in [1.54, 1.807) is 24.3 Å². The molecule has 0 aliphatic carbocycles. The monoisotopic (exact) mass is 454 g/mol. The molecule has 2 amide bonds. The maximum Gasteiger partial charge on any atom is 0.261 e. The molecule has 5 nitrogen and oxygen atoms in total. The van der Waals surface area contributed by atoms with Crippen molar-refractivity contribution in [3.8, 4) is 5.75 Å². The Morgan fingerprint density at radius 1 is 1.13 bits per heavy atom. The van der Waals surface area contributed by atoms with Crippen LogP contribution in [0, 0.1) is 5.82 Å². The van der Waals surface area contributed by atoms with Crippen LogP contribution < -0.4 is 10.1 Å². The summed E-state index contributed by atoms with van der Waals surface area (Å²) in [6, 6.07) is 9.73. The second kappa shape index (κ2) is 11.2. The average molecular weight is 455 g/mol. The Morgan fingerprint density at radius 2 is 1.80 bits per heavy atom. The molecule has 0 unspecified atom stereocenters. The molecule has 0 bridgehead atoms. The third-order valence-corrected chi connectivity index (χ3v) is 4.86. The maximum atomic E-state index is 13.3. The number of carbonyl (C=O) groups excluding carboxylic acids is 2. The highest BCUT2D eigenvalue weighted by Gasteiger charge is 2.29. The minimum atomic E-state index is -0.700. The molecular formula is C22H25Cl2FN2O3. The van der Waals surface area contributed by atoms with Crippen LogP contribution in [0.15, 0.2) is 42.5 Å². The highest BCUT2D eigenvalue weighted by molar-refractivity contribution is 6.35. The number of ether oxygens (including phenoxy) is 1. The van der Waals surface area contributed by atoms with Gasteiger partial charge in [-0.1, -0.05) is 42.3 Å². The van der Waals surface area contributed by atoms with Crippen molar-refractivity contribution in [3.05, 3.63) is 63.9 Å². The largest absolute Gasteiger partial charge is 0.482 e. The Balaban J connectivity index is 2.22.